The van der Waals surface area contributed by atoms with Gasteiger partial charge in [-0.1, -0.05) is 72.8 Å². The van der Waals surface area contributed by atoms with Gasteiger partial charge in [-0.3, -0.25) is 4.79 Å². The highest BCUT2D eigenvalue weighted by Gasteiger charge is 2.41. The molecule has 1 rings (SSSR count). The lowest BCUT2D eigenvalue weighted by atomic mass is 9.85. The SMILES string of the molecule is C[C@@H]1C[C@H](C)[C@H](O[Si](C)(C)C(C)(C)C)[C@@H](C)/C=C/C(=O)O[C@H](C)[C@@H](C)/C=C/C=C/C1=O. The second-order valence-corrected chi connectivity index (χ2v) is 15.6. The molecule has 0 aromatic carbocycles. The third-order valence-electron chi connectivity index (χ3n) is 6.89. The molecule has 0 aliphatic carbocycles. The summed E-state index contributed by atoms with van der Waals surface area (Å²) in [6.45, 7) is 21.3. The minimum Gasteiger partial charge on any atom is -0.459 e. The minimum absolute atomic E-state index is 0.0232. The number of cyclic esters (lactones) is 1. The van der Waals surface area contributed by atoms with E-state index in [-0.39, 0.29) is 52.7 Å². The zero-order valence-electron chi connectivity index (χ0n) is 21.3. The molecular formula is C26H44O4Si. The molecule has 0 unspecified atom stereocenters. The van der Waals surface area contributed by atoms with E-state index in [1.54, 1.807) is 12.2 Å². The first-order valence-electron chi connectivity index (χ1n) is 11.6. The van der Waals surface area contributed by atoms with Gasteiger partial charge < -0.3 is 9.16 Å². The maximum Gasteiger partial charge on any atom is 0.330 e. The van der Waals surface area contributed by atoms with Crippen LogP contribution in [-0.4, -0.2) is 32.3 Å². The summed E-state index contributed by atoms with van der Waals surface area (Å²) < 4.78 is 12.4. The van der Waals surface area contributed by atoms with Crippen LogP contribution in [0.4, 0.5) is 0 Å². The number of allylic oxidation sites excluding steroid dienone is 3. The monoisotopic (exact) mass is 448 g/mol. The summed E-state index contributed by atoms with van der Waals surface area (Å²) in [4.78, 5) is 25.0. The largest absolute Gasteiger partial charge is 0.459 e. The zero-order valence-corrected chi connectivity index (χ0v) is 22.3. The molecule has 5 heteroatoms. The number of ether oxygens (including phenoxy) is 1. The van der Waals surface area contributed by atoms with Crippen molar-refractivity contribution in [1.29, 1.82) is 0 Å². The van der Waals surface area contributed by atoms with Crippen molar-refractivity contribution in [2.24, 2.45) is 23.7 Å². The lowest BCUT2D eigenvalue weighted by molar-refractivity contribution is -0.143. The van der Waals surface area contributed by atoms with Gasteiger partial charge in [-0.25, -0.2) is 4.79 Å². The maximum absolute atomic E-state index is 12.6. The molecule has 0 aromatic rings. The van der Waals surface area contributed by atoms with E-state index < -0.39 is 8.32 Å². The molecule has 1 aliphatic rings. The summed E-state index contributed by atoms with van der Waals surface area (Å²) in [5, 5.41) is 0.0758. The third kappa shape index (κ3) is 8.53. The molecule has 0 saturated carbocycles. The molecule has 31 heavy (non-hydrogen) atoms. The van der Waals surface area contributed by atoms with Gasteiger partial charge in [0.1, 0.15) is 6.10 Å². The summed E-state index contributed by atoms with van der Waals surface area (Å²) in [7, 11) is -2.03. The fraction of sp³-hybridized carbons (Fsp3) is 0.692. The molecular weight excluding hydrogens is 404 g/mol. The Hall–Kier alpha value is -1.46. The molecule has 0 fully saturated rings. The smallest absolute Gasteiger partial charge is 0.330 e. The highest BCUT2D eigenvalue weighted by atomic mass is 28.4. The summed E-state index contributed by atoms with van der Waals surface area (Å²) in [6, 6.07) is 0. The number of carbonyl (C=O) groups excluding carboxylic acids is 2. The fourth-order valence-corrected chi connectivity index (χ4v) is 4.93. The van der Waals surface area contributed by atoms with E-state index in [9.17, 15) is 9.59 Å². The van der Waals surface area contributed by atoms with Crippen LogP contribution in [0.5, 0.6) is 0 Å². The second-order valence-electron chi connectivity index (χ2n) is 10.8. The molecule has 4 nitrogen and oxygen atoms in total. The number of esters is 1. The molecule has 0 saturated heterocycles. The molecule has 0 aromatic heterocycles. The molecule has 0 radical (unpaired) electrons. The van der Waals surface area contributed by atoms with E-state index in [2.05, 4.69) is 47.7 Å². The normalized spacial score (nSPS) is 35.3. The van der Waals surface area contributed by atoms with E-state index in [0.717, 1.165) is 6.42 Å². The minimum atomic E-state index is -2.03. The molecule has 6 atom stereocenters. The van der Waals surface area contributed by atoms with Crippen molar-refractivity contribution in [2.45, 2.75) is 92.2 Å². The lowest BCUT2D eigenvalue weighted by Gasteiger charge is -2.42. The third-order valence-corrected chi connectivity index (χ3v) is 11.4. The summed E-state index contributed by atoms with van der Waals surface area (Å²) >= 11 is 0. The Bertz CT molecular complexity index is 699. The number of hydrogen-bond acceptors (Lipinski definition) is 4. The van der Waals surface area contributed by atoms with Gasteiger partial charge >= 0.3 is 5.97 Å². The highest BCUT2D eigenvalue weighted by Crippen LogP contribution is 2.40. The van der Waals surface area contributed by atoms with E-state index in [1.165, 1.54) is 6.08 Å². The van der Waals surface area contributed by atoms with Crippen molar-refractivity contribution in [3.05, 3.63) is 36.5 Å². The average Bonchev–Trinajstić information content (AvgIpc) is 2.65. The number of hydrogen-bond donors (Lipinski definition) is 0. The topological polar surface area (TPSA) is 52.6 Å². The van der Waals surface area contributed by atoms with Crippen molar-refractivity contribution in [3.8, 4) is 0 Å². The Morgan fingerprint density at radius 1 is 0.935 bits per heavy atom. The van der Waals surface area contributed by atoms with Crippen molar-refractivity contribution < 1.29 is 18.8 Å². The van der Waals surface area contributed by atoms with Crippen LogP contribution in [0.2, 0.25) is 18.1 Å². The predicted molar refractivity (Wildman–Crippen MR) is 131 cm³/mol. The number of carbonyl (C=O) groups is 2. The maximum atomic E-state index is 12.6. The van der Waals surface area contributed by atoms with Crippen LogP contribution in [0.25, 0.3) is 0 Å². The van der Waals surface area contributed by atoms with Gasteiger partial charge in [-0.05, 0) is 49.4 Å². The van der Waals surface area contributed by atoms with Gasteiger partial charge in [0.15, 0.2) is 14.1 Å². The fourth-order valence-electron chi connectivity index (χ4n) is 3.45. The van der Waals surface area contributed by atoms with Gasteiger partial charge in [-0.15, -0.1) is 0 Å². The molecule has 0 N–H and O–H groups in total. The first-order valence-corrected chi connectivity index (χ1v) is 14.5. The Balaban J connectivity index is 3.26. The number of rotatable bonds is 2. The van der Waals surface area contributed by atoms with E-state index >= 15 is 0 Å². The van der Waals surface area contributed by atoms with Gasteiger partial charge in [0.05, 0.1) is 6.10 Å². The van der Waals surface area contributed by atoms with E-state index in [0.29, 0.717) is 0 Å². The Morgan fingerprint density at radius 3 is 2.13 bits per heavy atom. The predicted octanol–water partition coefficient (Wildman–Crippen LogP) is 6.49. The van der Waals surface area contributed by atoms with Crippen LogP contribution < -0.4 is 0 Å². The Labute approximate surface area is 191 Å². The van der Waals surface area contributed by atoms with Crippen molar-refractivity contribution in [2.75, 3.05) is 0 Å². The first kappa shape index (κ1) is 27.6. The van der Waals surface area contributed by atoms with Gasteiger partial charge in [-0.2, -0.15) is 0 Å². The van der Waals surface area contributed by atoms with Crippen LogP contribution in [0.15, 0.2) is 36.5 Å². The molecule has 176 valence electrons. The van der Waals surface area contributed by atoms with Crippen LogP contribution in [0.3, 0.4) is 0 Å². The molecule has 0 bridgehead atoms. The molecule has 1 aliphatic heterocycles. The Morgan fingerprint density at radius 2 is 1.55 bits per heavy atom. The van der Waals surface area contributed by atoms with Crippen LogP contribution in [-0.2, 0) is 18.8 Å². The van der Waals surface area contributed by atoms with E-state index in [4.69, 9.17) is 9.16 Å². The van der Waals surface area contributed by atoms with Crippen LogP contribution >= 0.6 is 0 Å². The highest BCUT2D eigenvalue weighted by molar-refractivity contribution is 6.74. The Kier molecular flexibility index (Phi) is 10.2. The van der Waals surface area contributed by atoms with Gasteiger partial charge in [0, 0.05) is 17.9 Å². The van der Waals surface area contributed by atoms with Crippen molar-refractivity contribution in [1.82, 2.24) is 0 Å². The quantitative estimate of drug-likeness (QED) is 0.358. The molecule has 0 spiro atoms. The van der Waals surface area contributed by atoms with E-state index in [1.807, 2.05) is 39.0 Å². The molecule has 1 heterocycles. The lowest BCUT2D eigenvalue weighted by Crippen LogP contribution is -2.47. The van der Waals surface area contributed by atoms with Crippen molar-refractivity contribution >= 4 is 20.1 Å². The standard InChI is InChI=1S/C26H44O4Si/c1-18-13-11-12-14-23(27)20(3)17-21(4)25(30-31(9,10)26(6,7)8)19(2)15-16-24(28)29-22(18)5/h11-16,18-22,25H,17H2,1-10H3/b13-11+,14-12+,16-15+/t18-,19-,20+,21-,22+,25+/m0/s1. The van der Waals surface area contributed by atoms with Gasteiger partial charge in [0.25, 0.3) is 0 Å². The summed E-state index contributed by atoms with van der Waals surface area (Å²) in [5.74, 6) is -0.0470. The average molecular weight is 449 g/mol. The molecule has 0 amide bonds. The second kappa shape index (κ2) is 11.4. The van der Waals surface area contributed by atoms with Gasteiger partial charge in [0.2, 0.25) is 0 Å². The first-order chi connectivity index (χ1) is 14.2. The zero-order chi connectivity index (χ0) is 24.0. The van der Waals surface area contributed by atoms with Crippen LogP contribution in [0, 0.1) is 23.7 Å². The summed E-state index contributed by atoms with van der Waals surface area (Å²) in [6.07, 6.45) is 11.1. The number of ketones is 1. The van der Waals surface area contributed by atoms with Crippen LogP contribution in [0.1, 0.15) is 61.8 Å². The summed E-state index contributed by atoms with van der Waals surface area (Å²) in [5.41, 5.74) is 0. The van der Waals surface area contributed by atoms with Crippen molar-refractivity contribution in [3.63, 3.8) is 0 Å².